The van der Waals surface area contributed by atoms with Crippen molar-refractivity contribution in [1.29, 1.82) is 5.26 Å². The van der Waals surface area contributed by atoms with E-state index in [4.69, 9.17) is 4.74 Å². The molecule has 1 atom stereocenters. The van der Waals surface area contributed by atoms with Gasteiger partial charge >= 0.3 is 0 Å². The van der Waals surface area contributed by atoms with Crippen LogP contribution in [0.1, 0.15) is 35.6 Å². The van der Waals surface area contributed by atoms with Crippen molar-refractivity contribution < 1.29 is 9.53 Å². The number of nitriles is 1. The summed E-state index contributed by atoms with van der Waals surface area (Å²) in [6, 6.07) is 10.2. The summed E-state index contributed by atoms with van der Waals surface area (Å²) in [5, 5.41) is 9.68. The van der Waals surface area contributed by atoms with E-state index in [0.717, 1.165) is 42.3 Å². The number of methoxy groups -OCH3 is 1. The lowest BCUT2D eigenvalue weighted by molar-refractivity contribution is -0.128. The van der Waals surface area contributed by atoms with Crippen molar-refractivity contribution in [3.8, 4) is 6.07 Å². The number of piperazine rings is 1. The van der Waals surface area contributed by atoms with Gasteiger partial charge in [-0.25, -0.2) is 0 Å². The number of ether oxygens (including phenoxy) is 1. The van der Waals surface area contributed by atoms with Crippen LogP contribution in [-0.2, 0) is 16.1 Å². The normalized spacial score (nSPS) is 16.2. The molecular formula is C24H31N5O2. The molecule has 1 aliphatic heterocycles. The number of rotatable bonds is 7. The fourth-order valence-corrected chi connectivity index (χ4v) is 4.24. The summed E-state index contributed by atoms with van der Waals surface area (Å²) in [6.45, 7) is 10.3. The maximum atomic E-state index is 13.0. The first-order valence-electron chi connectivity index (χ1n) is 10.6. The van der Waals surface area contributed by atoms with Crippen molar-refractivity contribution in [2.75, 3.05) is 39.9 Å². The van der Waals surface area contributed by atoms with Gasteiger partial charge in [0.2, 0.25) is 0 Å². The molecule has 3 heterocycles. The minimum absolute atomic E-state index is 0.179. The van der Waals surface area contributed by atoms with Crippen LogP contribution >= 0.6 is 0 Å². The fraction of sp³-hybridized carbons (Fsp3) is 0.458. The molecule has 0 saturated carbocycles. The monoisotopic (exact) mass is 421 g/mol. The largest absolute Gasteiger partial charge is 0.383 e. The van der Waals surface area contributed by atoms with Gasteiger partial charge in [0, 0.05) is 57.4 Å². The third kappa shape index (κ3) is 5.40. The highest BCUT2D eigenvalue weighted by Crippen LogP contribution is 2.23. The van der Waals surface area contributed by atoms with E-state index in [1.807, 2.05) is 38.1 Å². The molecule has 0 radical (unpaired) electrons. The van der Waals surface area contributed by atoms with E-state index in [1.54, 1.807) is 24.3 Å². The van der Waals surface area contributed by atoms with Gasteiger partial charge in [-0.15, -0.1) is 0 Å². The minimum Gasteiger partial charge on any atom is -0.383 e. The second-order valence-electron chi connectivity index (χ2n) is 8.06. The highest BCUT2D eigenvalue weighted by atomic mass is 16.5. The number of hydrogen-bond donors (Lipinski definition) is 0. The first-order chi connectivity index (χ1) is 14.9. The smallest absolute Gasteiger partial charge is 0.264 e. The number of nitrogens with zero attached hydrogens (tertiary/aromatic N) is 5. The van der Waals surface area contributed by atoms with E-state index in [-0.39, 0.29) is 17.5 Å². The Balaban J connectivity index is 1.68. The van der Waals surface area contributed by atoms with Crippen LogP contribution in [0.2, 0.25) is 0 Å². The lowest BCUT2D eigenvalue weighted by Gasteiger charge is -2.34. The average molecular weight is 422 g/mol. The Morgan fingerprint density at radius 1 is 1.29 bits per heavy atom. The van der Waals surface area contributed by atoms with Gasteiger partial charge in [-0.3, -0.25) is 14.7 Å². The molecule has 164 valence electrons. The lowest BCUT2D eigenvalue weighted by Crippen LogP contribution is -2.48. The number of carbonyl (C=O) groups is 1. The van der Waals surface area contributed by atoms with Gasteiger partial charge in [0.05, 0.1) is 18.3 Å². The standard InChI is InChI=1S/C24H31N5O2/c1-18-13-21(20(3)29(18)19(2)17-31-4)14-22(15-25)24(30)28-11-9-27(10-12-28)16-23-7-5-6-8-26-23/h5-8,13-14,19H,9-12,16-17H2,1-4H3/b22-14+. The summed E-state index contributed by atoms with van der Waals surface area (Å²) in [7, 11) is 1.69. The summed E-state index contributed by atoms with van der Waals surface area (Å²) in [4.78, 5) is 21.4. The molecule has 0 bridgehead atoms. The highest BCUT2D eigenvalue weighted by molar-refractivity contribution is 6.01. The molecule has 2 aromatic heterocycles. The Bertz CT molecular complexity index is 966. The lowest BCUT2D eigenvalue weighted by atomic mass is 10.1. The van der Waals surface area contributed by atoms with E-state index >= 15 is 0 Å². The summed E-state index contributed by atoms with van der Waals surface area (Å²) in [5.74, 6) is -0.199. The third-order valence-corrected chi connectivity index (χ3v) is 5.79. The Morgan fingerprint density at radius 2 is 2.03 bits per heavy atom. The Labute approximate surface area is 184 Å². The zero-order chi connectivity index (χ0) is 22.4. The van der Waals surface area contributed by atoms with Gasteiger partial charge in [-0.2, -0.15) is 5.26 Å². The maximum Gasteiger partial charge on any atom is 0.264 e. The van der Waals surface area contributed by atoms with E-state index in [0.29, 0.717) is 19.7 Å². The van der Waals surface area contributed by atoms with Gasteiger partial charge in [-0.05, 0) is 50.6 Å². The van der Waals surface area contributed by atoms with Crippen LogP contribution in [0.15, 0.2) is 36.0 Å². The molecule has 0 N–H and O–H groups in total. The highest BCUT2D eigenvalue weighted by Gasteiger charge is 2.24. The van der Waals surface area contributed by atoms with Crippen molar-refractivity contribution in [2.24, 2.45) is 0 Å². The quantitative estimate of drug-likeness (QED) is 0.508. The van der Waals surface area contributed by atoms with Crippen LogP contribution in [0, 0.1) is 25.2 Å². The Morgan fingerprint density at radius 3 is 2.65 bits per heavy atom. The summed E-state index contributed by atoms with van der Waals surface area (Å²) < 4.78 is 7.47. The first kappa shape index (κ1) is 22.7. The van der Waals surface area contributed by atoms with Crippen molar-refractivity contribution in [3.63, 3.8) is 0 Å². The fourth-order valence-electron chi connectivity index (χ4n) is 4.24. The zero-order valence-corrected chi connectivity index (χ0v) is 18.8. The molecule has 1 saturated heterocycles. The van der Waals surface area contributed by atoms with Crippen molar-refractivity contribution in [1.82, 2.24) is 19.4 Å². The minimum atomic E-state index is -0.199. The molecule has 0 aliphatic carbocycles. The molecule has 1 fully saturated rings. The van der Waals surface area contributed by atoms with Crippen LogP contribution in [0.5, 0.6) is 0 Å². The van der Waals surface area contributed by atoms with Gasteiger partial charge in [-0.1, -0.05) is 6.07 Å². The second-order valence-corrected chi connectivity index (χ2v) is 8.06. The van der Waals surface area contributed by atoms with E-state index in [9.17, 15) is 10.1 Å². The molecule has 1 aliphatic rings. The molecule has 0 spiro atoms. The Kier molecular flexibility index (Phi) is 7.61. The summed E-state index contributed by atoms with van der Waals surface area (Å²) in [6.07, 6.45) is 3.52. The third-order valence-electron chi connectivity index (χ3n) is 5.79. The van der Waals surface area contributed by atoms with Gasteiger partial charge in [0.15, 0.2) is 0 Å². The average Bonchev–Trinajstić information content (AvgIpc) is 3.05. The maximum absolute atomic E-state index is 13.0. The van der Waals surface area contributed by atoms with Gasteiger partial charge in [0.25, 0.3) is 5.91 Å². The number of carbonyl (C=O) groups excluding carboxylic acids is 1. The second kappa shape index (κ2) is 10.4. The number of aryl methyl sites for hydroxylation is 1. The van der Waals surface area contributed by atoms with E-state index < -0.39 is 0 Å². The van der Waals surface area contributed by atoms with Crippen LogP contribution in [0.3, 0.4) is 0 Å². The van der Waals surface area contributed by atoms with Crippen LogP contribution in [0.4, 0.5) is 0 Å². The summed E-state index contributed by atoms with van der Waals surface area (Å²) >= 11 is 0. The van der Waals surface area contributed by atoms with Crippen LogP contribution < -0.4 is 0 Å². The molecule has 7 nitrogen and oxygen atoms in total. The predicted octanol–water partition coefficient (Wildman–Crippen LogP) is 2.96. The predicted molar refractivity (Wildman–Crippen MR) is 120 cm³/mol. The van der Waals surface area contributed by atoms with Crippen molar-refractivity contribution in [2.45, 2.75) is 33.4 Å². The van der Waals surface area contributed by atoms with Gasteiger partial charge < -0.3 is 14.2 Å². The molecule has 7 heteroatoms. The molecule has 1 amide bonds. The van der Waals surface area contributed by atoms with Gasteiger partial charge in [0.1, 0.15) is 11.6 Å². The van der Waals surface area contributed by atoms with Crippen LogP contribution in [-0.4, -0.2) is 65.2 Å². The number of aromatic nitrogens is 2. The van der Waals surface area contributed by atoms with E-state index in [1.165, 1.54) is 0 Å². The molecule has 31 heavy (non-hydrogen) atoms. The molecule has 2 aromatic rings. The number of amides is 1. The van der Waals surface area contributed by atoms with E-state index in [2.05, 4.69) is 27.4 Å². The molecule has 1 unspecified atom stereocenters. The number of pyridine rings is 1. The Hall–Kier alpha value is -2.95. The molecular weight excluding hydrogens is 390 g/mol. The SMILES string of the molecule is COCC(C)n1c(C)cc(/C=C(\C#N)C(=O)N2CCN(Cc3ccccn3)CC2)c1C. The first-order valence-corrected chi connectivity index (χ1v) is 10.6. The van der Waals surface area contributed by atoms with Crippen molar-refractivity contribution in [3.05, 3.63) is 58.7 Å². The van der Waals surface area contributed by atoms with Crippen molar-refractivity contribution >= 4 is 12.0 Å². The van der Waals surface area contributed by atoms with Crippen LogP contribution in [0.25, 0.3) is 6.08 Å². The summed E-state index contributed by atoms with van der Waals surface area (Å²) in [5.41, 5.74) is 4.22. The number of hydrogen-bond acceptors (Lipinski definition) is 5. The molecule has 3 rings (SSSR count). The zero-order valence-electron chi connectivity index (χ0n) is 18.8. The molecule has 0 aromatic carbocycles. The topological polar surface area (TPSA) is 74.4 Å².